The number of guanidine groups is 1. The summed E-state index contributed by atoms with van der Waals surface area (Å²) in [6, 6.07) is 4.17. The van der Waals surface area contributed by atoms with Gasteiger partial charge in [-0.05, 0) is 31.2 Å². The molecule has 13 nitrogen and oxygen atoms in total. The fourth-order valence-corrected chi connectivity index (χ4v) is 3.58. The Hall–Kier alpha value is -3.71. The van der Waals surface area contributed by atoms with Crippen molar-refractivity contribution in [2.45, 2.75) is 76.7 Å². The third-order valence-corrected chi connectivity index (χ3v) is 6.06. The fourth-order valence-electron chi connectivity index (χ4n) is 3.58. The molecule has 0 aliphatic heterocycles. The van der Waals surface area contributed by atoms with Crippen LogP contribution >= 0.6 is 0 Å². The molecule has 212 valence electrons. The number of amides is 3. The van der Waals surface area contributed by atoms with Gasteiger partial charge >= 0.3 is 5.97 Å². The van der Waals surface area contributed by atoms with E-state index in [1.165, 1.54) is 6.92 Å². The van der Waals surface area contributed by atoms with Crippen molar-refractivity contribution in [2.24, 2.45) is 28.1 Å². The van der Waals surface area contributed by atoms with Crippen molar-refractivity contribution in [1.82, 2.24) is 16.0 Å². The van der Waals surface area contributed by atoms with E-state index in [9.17, 15) is 29.4 Å². The lowest BCUT2D eigenvalue weighted by Crippen LogP contribution is -2.60. The van der Waals surface area contributed by atoms with Crippen molar-refractivity contribution < 1.29 is 29.4 Å². The molecule has 0 heterocycles. The van der Waals surface area contributed by atoms with Crippen molar-refractivity contribution in [2.75, 3.05) is 6.54 Å². The van der Waals surface area contributed by atoms with Crippen LogP contribution in [0.25, 0.3) is 0 Å². The molecule has 0 bridgehead atoms. The normalized spacial score (nSPS) is 15.6. The fraction of sp³-hybridized carbons (Fsp3) is 0.560. The number of nitrogens with two attached hydrogens (primary N) is 3. The Kier molecular flexibility index (Phi) is 13.8. The third-order valence-electron chi connectivity index (χ3n) is 6.06. The Balaban J connectivity index is 3.06. The van der Waals surface area contributed by atoms with Gasteiger partial charge < -0.3 is 43.4 Å². The van der Waals surface area contributed by atoms with Crippen LogP contribution in [0.4, 0.5) is 0 Å². The second-order valence-corrected chi connectivity index (χ2v) is 9.24. The molecule has 0 fully saturated rings. The largest absolute Gasteiger partial charge is 0.480 e. The van der Waals surface area contributed by atoms with Gasteiger partial charge in [0, 0.05) is 13.0 Å². The number of rotatable bonds is 16. The topological polar surface area (TPSA) is 235 Å². The SMILES string of the molecule is CCC(C)C(NC(=O)C(N)CCCN=C(N)N)C(=O)NC(Cc1ccccc1)C(=O)NC(C(=O)O)C(C)O. The lowest BCUT2D eigenvalue weighted by Gasteiger charge is -2.28. The number of aliphatic hydroxyl groups is 1. The van der Waals surface area contributed by atoms with Crippen LogP contribution in [0.2, 0.25) is 0 Å². The number of hydrogen-bond donors (Lipinski definition) is 8. The number of benzene rings is 1. The standard InChI is InChI=1S/C25H41N7O6/c1-4-14(2)19(31-21(34)17(26)11-8-12-29-25(27)28)23(36)30-18(13-16-9-6-5-7-10-16)22(35)32-20(15(3)33)24(37)38/h5-7,9-10,14-15,17-20,33H,4,8,11-13,26H2,1-3H3,(H,30,36)(H,31,34)(H,32,35)(H,37,38)(H4,27,28,29). The second-order valence-electron chi connectivity index (χ2n) is 9.24. The molecule has 0 aliphatic rings. The van der Waals surface area contributed by atoms with Gasteiger partial charge in [0.05, 0.1) is 12.1 Å². The molecule has 1 rings (SSSR count). The highest BCUT2D eigenvalue weighted by molar-refractivity contribution is 5.94. The monoisotopic (exact) mass is 535 g/mol. The van der Waals surface area contributed by atoms with Crippen LogP contribution < -0.4 is 33.2 Å². The molecular formula is C25H41N7O6. The number of aliphatic hydroxyl groups excluding tert-OH is 1. The van der Waals surface area contributed by atoms with E-state index in [-0.39, 0.29) is 24.7 Å². The summed E-state index contributed by atoms with van der Waals surface area (Å²) in [6.45, 7) is 5.16. The van der Waals surface area contributed by atoms with Gasteiger partial charge in [0.25, 0.3) is 0 Å². The summed E-state index contributed by atoms with van der Waals surface area (Å²) in [7, 11) is 0. The van der Waals surface area contributed by atoms with Crippen molar-refractivity contribution >= 4 is 29.7 Å². The molecule has 38 heavy (non-hydrogen) atoms. The van der Waals surface area contributed by atoms with E-state index in [2.05, 4.69) is 20.9 Å². The zero-order chi connectivity index (χ0) is 28.8. The first-order valence-corrected chi connectivity index (χ1v) is 12.5. The smallest absolute Gasteiger partial charge is 0.328 e. The predicted molar refractivity (Wildman–Crippen MR) is 143 cm³/mol. The van der Waals surface area contributed by atoms with Crippen molar-refractivity contribution in [3.63, 3.8) is 0 Å². The molecule has 3 amide bonds. The number of carbonyl (C=O) groups excluding carboxylic acids is 3. The molecule has 0 aromatic heterocycles. The maximum atomic E-state index is 13.3. The summed E-state index contributed by atoms with van der Waals surface area (Å²) in [5.74, 6) is -3.75. The van der Waals surface area contributed by atoms with Gasteiger partial charge in [0.15, 0.2) is 12.0 Å². The van der Waals surface area contributed by atoms with Crippen LogP contribution in [-0.2, 0) is 25.6 Å². The summed E-state index contributed by atoms with van der Waals surface area (Å²) in [5.41, 5.74) is 17.3. The van der Waals surface area contributed by atoms with E-state index < -0.39 is 54.0 Å². The molecule has 0 saturated heterocycles. The summed E-state index contributed by atoms with van der Waals surface area (Å²) in [6.07, 6.45) is -0.0377. The number of nitrogens with zero attached hydrogens (tertiary/aromatic N) is 1. The average Bonchev–Trinajstić information content (AvgIpc) is 2.86. The van der Waals surface area contributed by atoms with E-state index in [4.69, 9.17) is 17.2 Å². The average molecular weight is 536 g/mol. The van der Waals surface area contributed by atoms with E-state index in [0.717, 1.165) is 0 Å². The Morgan fingerprint density at radius 1 is 0.947 bits per heavy atom. The molecule has 11 N–H and O–H groups in total. The lowest BCUT2D eigenvalue weighted by atomic mass is 9.96. The van der Waals surface area contributed by atoms with Crippen LogP contribution in [-0.4, -0.2) is 76.7 Å². The summed E-state index contributed by atoms with van der Waals surface area (Å²) in [4.78, 5) is 54.5. The molecule has 1 aromatic carbocycles. The zero-order valence-corrected chi connectivity index (χ0v) is 22.1. The highest BCUT2D eigenvalue weighted by Gasteiger charge is 2.33. The zero-order valence-electron chi connectivity index (χ0n) is 22.1. The highest BCUT2D eigenvalue weighted by atomic mass is 16.4. The molecule has 0 saturated carbocycles. The van der Waals surface area contributed by atoms with E-state index in [1.54, 1.807) is 37.3 Å². The Bertz CT molecular complexity index is 953. The van der Waals surface area contributed by atoms with Gasteiger partial charge in [-0.15, -0.1) is 0 Å². The van der Waals surface area contributed by atoms with E-state index >= 15 is 0 Å². The van der Waals surface area contributed by atoms with Crippen LogP contribution in [0, 0.1) is 5.92 Å². The van der Waals surface area contributed by atoms with E-state index in [1.807, 2.05) is 6.92 Å². The predicted octanol–water partition coefficient (Wildman–Crippen LogP) is -1.42. The van der Waals surface area contributed by atoms with Crippen molar-refractivity contribution in [1.29, 1.82) is 0 Å². The second kappa shape index (κ2) is 16.2. The first-order valence-electron chi connectivity index (χ1n) is 12.5. The van der Waals surface area contributed by atoms with Gasteiger partial charge in [0.2, 0.25) is 17.7 Å². The minimum Gasteiger partial charge on any atom is -0.480 e. The molecule has 13 heteroatoms. The Morgan fingerprint density at radius 3 is 2.08 bits per heavy atom. The Morgan fingerprint density at radius 2 is 1.55 bits per heavy atom. The number of aliphatic carboxylic acids is 1. The maximum absolute atomic E-state index is 13.3. The molecule has 0 radical (unpaired) electrons. The number of nitrogens with one attached hydrogen (secondary N) is 3. The molecule has 0 aliphatic carbocycles. The molecule has 1 aromatic rings. The van der Waals surface area contributed by atoms with Gasteiger partial charge in [-0.25, -0.2) is 4.79 Å². The summed E-state index contributed by atoms with van der Waals surface area (Å²) in [5, 5.41) is 26.7. The van der Waals surface area contributed by atoms with Crippen molar-refractivity contribution in [3.8, 4) is 0 Å². The van der Waals surface area contributed by atoms with Gasteiger partial charge in [-0.1, -0.05) is 50.6 Å². The quantitative estimate of drug-likeness (QED) is 0.0703. The maximum Gasteiger partial charge on any atom is 0.328 e. The molecular weight excluding hydrogens is 494 g/mol. The number of carboxylic acid groups (broad SMARTS) is 1. The van der Waals surface area contributed by atoms with E-state index in [0.29, 0.717) is 24.9 Å². The van der Waals surface area contributed by atoms with Crippen LogP contribution in [0.5, 0.6) is 0 Å². The molecule has 6 unspecified atom stereocenters. The number of carboxylic acids is 1. The summed E-state index contributed by atoms with van der Waals surface area (Å²) >= 11 is 0. The van der Waals surface area contributed by atoms with Crippen LogP contribution in [0.15, 0.2) is 35.3 Å². The minimum absolute atomic E-state index is 0.0516. The first-order chi connectivity index (χ1) is 17.9. The number of carbonyl (C=O) groups is 4. The van der Waals surface area contributed by atoms with Gasteiger partial charge in [0.1, 0.15) is 12.1 Å². The minimum atomic E-state index is -1.57. The molecule has 0 spiro atoms. The first kappa shape index (κ1) is 32.3. The third kappa shape index (κ3) is 11.1. The number of hydrogen-bond acceptors (Lipinski definition) is 7. The lowest BCUT2D eigenvalue weighted by molar-refractivity contribution is -0.145. The van der Waals surface area contributed by atoms with Crippen LogP contribution in [0.1, 0.15) is 45.6 Å². The Labute approximate surface area is 222 Å². The summed E-state index contributed by atoms with van der Waals surface area (Å²) < 4.78 is 0. The van der Waals surface area contributed by atoms with Crippen molar-refractivity contribution in [3.05, 3.63) is 35.9 Å². The highest BCUT2D eigenvalue weighted by Crippen LogP contribution is 2.11. The molecule has 6 atom stereocenters. The van der Waals surface area contributed by atoms with Gasteiger partial charge in [-0.3, -0.25) is 19.4 Å². The number of aliphatic imine (C=N–C) groups is 1. The van der Waals surface area contributed by atoms with Gasteiger partial charge in [-0.2, -0.15) is 0 Å². The van der Waals surface area contributed by atoms with Crippen LogP contribution in [0.3, 0.4) is 0 Å².